The predicted octanol–water partition coefficient (Wildman–Crippen LogP) is 4.94. The molecule has 1 heterocycles. The zero-order valence-corrected chi connectivity index (χ0v) is 15.5. The number of Topliss-reactive ketones (excluding diaryl/α,β-unsaturated/α-hetero) is 1. The number of ether oxygens (including phenoxy) is 1. The molecule has 1 unspecified atom stereocenters. The van der Waals surface area contributed by atoms with Crippen LogP contribution >= 0.6 is 0 Å². The molecule has 0 bridgehead atoms. The molecule has 4 heteroatoms. The second-order valence-corrected chi connectivity index (χ2v) is 7.98. The number of nitrogens with one attached hydrogen (secondary N) is 1. The lowest BCUT2D eigenvalue weighted by Crippen LogP contribution is -2.42. The Balaban J connectivity index is 1.83. The molecule has 1 fully saturated rings. The first-order valence-corrected chi connectivity index (χ1v) is 9.06. The SMILES string of the molecule is COc1ccc([C@H]2Nc3ccccc3N=C3CC(C)(C)CC(=O)C32)cc1. The molecular formula is C22H24N2O2. The fourth-order valence-electron chi connectivity index (χ4n) is 4.10. The summed E-state index contributed by atoms with van der Waals surface area (Å²) in [5.74, 6) is 0.845. The van der Waals surface area contributed by atoms with Crippen LogP contribution in [0.15, 0.2) is 53.5 Å². The van der Waals surface area contributed by atoms with Crippen molar-refractivity contribution in [3.05, 3.63) is 54.1 Å². The minimum Gasteiger partial charge on any atom is -0.497 e. The highest BCUT2D eigenvalue weighted by molar-refractivity contribution is 6.10. The van der Waals surface area contributed by atoms with Gasteiger partial charge in [-0.05, 0) is 41.7 Å². The van der Waals surface area contributed by atoms with Crippen LogP contribution in [0.5, 0.6) is 5.75 Å². The highest BCUT2D eigenvalue weighted by Crippen LogP contribution is 2.45. The van der Waals surface area contributed by atoms with E-state index in [2.05, 4.69) is 19.2 Å². The minimum absolute atomic E-state index is 0.0455. The van der Waals surface area contributed by atoms with E-state index in [-0.39, 0.29) is 23.2 Å². The number of rotatable bonds is 2. The van der Waals surface area contributed by atoms with Crippen molar-refractivity contribution in [1.29, 1.82) is 0 Å². The smallest absolute Gasteiger partial charge is 0.144 e. The van der Waals surface area contributed by atoms with Gasteiger partial charge in [-0.25, -0.2) is 0 Å². The van der Waals surface area contributed by atoms with E-state index in [9.17, 15) is 4.79 Å². The lowest BCUT2D eigenvalue weighted by atomic mass is 9.68. The van der Waals surface area contributed by atoms with E-state index >= 15 is 0 Å². The molecule has 1 N–H and O–H groups in total. The molecule has 134 valence electrons. The Morgan fingerprint density at radius 1 is 1.08 bits per heavy atom. The van der Waals surface area contributed by atoms with Crippen LogP contribution in [0.2, 0.25) is 0 Å². The first kappa shape index (κ1) is 16.8. The fourth-order valence-corrected chi connectivity index (χ4v) is 4.10. The summed E-state index contributed by atoms with van der Waals surface area (Å²) in [6.07, 6.45) is 1.42. The van der Waals surface area contributed by atoms with Crippen LogP contribution in [0.25, 0.3) is 0 Å². The molecule has 0 amide bonds. The number of methoxy groups -OCH3 is 1. The van der Waals surface area contributed by atoms with Crippen LogP contribution in [-0.4, -0.2) is 18.6 Å². The van der Waals surface area contributed by atoms with Gasteiger partial charge in [0.2, 0.25) is 0 Å². The highest BCUT2D eigenvalue weighted by Gasteiger charge is 2.43. The van der Waals surface area contributed by atoms with E-state index in [0.29, 0.717) is 6.42 Å². The van der Waals surface area contributed by atoms with Crippen LogP contribution in [0.1, 0.15) is 38.3 Å². The van der Waals surface area contributed by atoms with Crippen molar-refractivity contribution in [1.82, 2.24) is 0 Å². The van der Waals surface area contributed by atoms with E-state index in [1.807, 2.05) is 48.5 Å². The quantitative estimate of drug-likeness (QED) is 0.836. The minimum atomic E-state index is -0.233. The molecule has 2 aliphatic rings. The number of para-hydroxylation sites is 2. The van der Waals surface area contributed by atoms with Gasteiger partial charge >= 0.3 is 0 Å². The largest absolute Gasteiger partial charge is 0.497 e. The lowest BCUT2D eigenvalue weighted by Gasteiger charge is -2.37. The lowest BCUT2D eigenvalue weighted by molar-refractivity contribution is -0.124. The van der Waals surface area contributed by atoms with Crippen LogP contribution in [0.3, 0.4) is 0 Å². The zero-order chi connectivity index (χ0) is 18.3. The summed E-state index contributed by atoms with van der Waals surface area (Å²) < 4.78 is 5.28. The molecular weight excluding hydrogens is 324 g/mol. The van der Waals surface area contributed by atoms with Gasteiger partial charge in [-0.15, -0.1) is 0 Å². The van der Waals surface area contributed by atoms with Crippen molar-refractivity contribution >= 4 is 22.9 Å². The van der Waals surface area contributed by atoms with Crippen LogP contribution < -0.4 is 10.1 Å². The van der Waals surface area contributed by atoms with E-state index in [1.54, 1.807) is 7.11 Å². The van der Waals surface area contributed by atoms with E-state index in [1.165, 1.54) is 0 Å². The molecule has 1 aliphatic heterocycles. The van der Waals surface area contributed by atoms with Gasteiger partial charge in [0.1, 0.15) is 11.5 Å². The molecule has 2 aromatic rings. The van der Waals surface area contributed by atoms with Gasteiger partial charge in [-0.1, -0.05) is 38.1 Å². The number of nitrogens with zero attached hydrogens (tertiary/aromatic N) is 1. The molecule has 2 aromatic carbocycles. The molecule has 1 aliphatic carbocycles. The van der Waals surface area contributed by atoms with Gasteiger partial charge in [0, 0.05) is 12.1 Å². The number of fused-ring (bicyclic) bond motifs is 2. The summed E-state index contributed by atoms with van der Waals surface area (Å²) in [4.78, 5) is 18.0. The molecule has 1 saturated carbocycles. The number of hydrogen-bond acceptors (Lipinski definition) is 4. The van der Waals surface area contributed by atoms with Gasteiger partial charge < -0.3 is 10.1 Å². The summed E-state index contributed by atoms with van der Waals surface area (Å²) in [6.45, 7) is 4.30. The molecule has 0 spiro atoms. The molecule has 2 atom stereocenters. The Kier molecular flexibility index (Phi) is 4.06. The standard InChI is InChI=1S/C22H24N2O2/c1-22(2)12-18-20(19(25)13-22)21(14-8-10-15(26-3)11-9-14)24-17-7-5-4-6-16(17)23-18/h4-11,20-21,24H,12-13H2,1-3H3/t20?,21-/m1/s1. The van der Waals surface area contributed by atoms with Gasteiger partial charge in [-0.2, -0.15) is 0 Å². The zero-order valence-electron chi connectivity index (χ0n) is 15.5. The normalized spacial score (nSPS) is 23.8. The Labute approximate surface area is 154 Å². The Morgan fingerprint density at radius 3 is 2.54 bits per heavy atom. The van der Waals surface area contributed by atoms with Crippen LogP contribution in [0, 0.1) is 11.3 Å². The van der Waals surface area contributed by atoms with E-state index in [0.717, 1.165) is 34.8 Å². The van der Waals surface area contributed by atoms with Gasteiger partial charge in [-0.3, -0.25) is 9.79 Å². The second-order valence-electron chi connectivity index (χ2n) is 7.98. The van der Waals surface area contributed by atoms with Crippen molar-refractivity contribution in [3.8, 4) is 5.75 Å². The van der Waals surface area contributed by atoms with Crippen molar-refractivity contribution in [3.63, 3.8) is 0 Å². The number of hydrogen-bond donors (Lipinski definition) is 1. The maximum Gasteiger partial charge on any atom is 0.144 e. The number of carbonyl (C=O) groups is 1. The Morgan fingerprint density at radius 2 is 1.81 bits per heavy atom. The second kappa shape index (κ2) is 6.27. The highest BCUT2D eigenvalue weighted by atomic mass is 16.5. The number of anilines is 1. The topological polar surface area (TPSA) is 50.7 Å². The predicted molar refractivity (Wildman–Crippen MR) is 104 cm³/mol. The first-order valence-electron chi connectivity index (χ1n) is 9.06. The number of carbonyl (C=O) groups excluding carboxylic acids is 1. The number of ketones is 1. The third-order valence-corrected chi connectivity index (χ3v) is 5.31. The first-order chi connectivity index (χ1) is 12.5. The van der Waals surface area contributed by atoms with Gasteiger partial charge in [0.05, 0.1) is 30.4 Å². The molecule has 0 aromatic heterocycles. The van der Waals surface area contributed by atoms with E-state index < -0.39 is 0 Å². The average molecular weight is 348 g/mol. The molecule has 4 nitrogen and oxygen atoms in total. The van der Waals surface area contributed by atoms with Crippen molar-refractivity contribution in [2.75, 3.05) is 12.4 Å². The monoisotopic (exact) mass is 348 g/mol. The molecule has 26 heavy (non-hydrogen) atoms. The van der Waals surface area contributed by atoms with Crippen molar-refractivity contribution in [2.45, 2.75) is 32.7 Å². The summed E-state index contributed by atoms with van der Waals surface area (Å²) >= 11 is 0. The van der Waals surface area contributed by atoms with Crippen molar-refractivity contribution in [2.24, 2.45) is 16.3 Å². The average Bonchev–Trinajstić information content (AvgIpc) is 2.77. The fraction of sp³-hybridized carbons (Fsp3) is 0.364. The third-order valence-electron chi connectivity index (χ3n) is 5.31. The van der Waals surface area contributed by atoms with E-state index in [4.69, 9.17) is 9.73 Å². The molecule has 0 saturated heterocycles. The Hall–Kier alpha value is -2.62. The maximum atomic E-state index is 13.1. The Bertz CT molecular complexity index is 868. The summed E-state index contributed by atoms with van der Waals surface area (Å²) in [7, 11) is 1.66. The third kappa shape index (κ3) is 3.00. The van der Waals surface area contributed by atoms with Gasteiger partial charge in [0.15, 0.2) is 0 Å². The summed E-state index contributed by atoms with van der Waals surface area (Å²) in [6, 6.07) is 15.9. The van der Waals surface area contributed by atoms with Crippen LogP contribution in [-0.2, 0) is 4.79 Å². The number of benzene rings is 2. The van der Waals surface area contributed by atoms with Crippen LogP contribution in [0.4, 0.5) is 11.4 Å². The summed E-state index contributed by atoms with van der Waals surface area (Å²) in [5, 5.41) is 3.59. The van der Waals surface area contributed by atoms with Gasteiger partial charge in [0.25, 0.3) is 0 Å². The van der Waals surface area contributed by atoms with Crippen molar-refractivity contribution < 1.29 is 9.53 Å². The molecule has 4 rings (SSSR count). The summed E-state index contributed by atoms with van der Waals surface area (Å²) in [5.41, 5.74) is 3.91. The maximum absolute atomic E-state index is 13.1. The number of aliphatic imine (C=N–C) groups is 1. The molecule has 0 radical (unpaired) electrons.